The molecule has 0 bridgehead atoms. The molecule has 0 atom stereocenters. The Morgan fingerprint density at radius 2 is 1.17 bits per heavy atom. The van der Waals surface area contributed by atoms with Gasteiger partial charge in [-0.25, -0.2) is 0 Å². The summed E-state index contributed by atoms with van der Waals surface area (Å²) in [5.74, 6) is 2.75. The van der Waals surface area contributed by atoms with E-state index in [0.717, 1.165) is 11.1 Å². The summed E-state index contributed by atoms with van der Waals surface area (Å²) in [6.45, 7) is 16.0. The molecule has 0 radical (unpaired) electrons. The second kappa shape index (κ2) is 24.6. The van der Waals surface area contributed by atoms with Gasteiger partial charge in [0.25, 0.3) is 0 Å². The molecule has 36 heavy (non-hydrogen) atoms. The van der Waals surface area contributed by atoms with Gasteiger partial charge in [0, 0.05) is 5.39 Å². The molecular formula is C33H44BrIO. The molecule has 4 rings (SSSR count). The first-order valence-corrected chi connectivity index (χ1v) is 16.1. The molecule has 4 aromatic carbocycles. The Morgan fingerprint density at radius 3 is 1.67 bits per heavy atom. The fourth-order valence-corrected chi connectivity index (χ4v) is 3.32. The van der Waals surface area contributed by atoms with Gasteiger partial charge < -0.3 is 4.74 Å². The van der Waals surface area contributed by atoms with Gasteiger partial charge in [-0.15, -0.1) is 6.58 Å². The number of allylic oxidation sites excluding steroid dienone is 1. The van der Waals surface area contributed by atoms with Crippen LogP contribution in [0.5, 0.6) is 5.75 Å². The Balaban J connectivity index is 0. The SMILES string of the molecule is C=CC.CBr.CC.CC.CI.Cc1cc(OCc2ccccc2)c2ccccc2c1-c1ccccc1. The van der Waals surface area contributed by atoms with Crippen LogP contribution in [-0.4, -0.2) is 10.8 Å². The van der Waals surface area contributed by atoms with Crippen LogP contribution in [0.4, 0.5) is 0 Å². The van der Waals surface area contributed by atoms with Gasteiger partial charge in [0.2, 0.25) is 0 Å². The maximum Gasteiger partial charge on any atom is 0.127 e. The quantitative estimate of drug-likeness (QED) is 0.120. The van der Waals surface area contributed by atoms with Gasteiger partial charge in [0.1, 0.15) is 12.4 Å². The van der Waals surface area contributed by atoms with E-state index < -0.39 is 0 Å². The van der Waals surface area contributed by atoms with Gasteiger partial charge in [0.15, 0.2) is 0 Å². The van der Waals surface area contributed by atoms with Crippen molar-refractivity contribution in [2.45, 2.75) is 48.1 Å². The number of hydrogen-bond acceptors (Lipinski definition) is 1. The smallest absolute Gasteiger partial charge is 0.127 e. The minimum Gasteiger partial charge on any atom is -0.488 e. The van der Waals surface area contributed by atoms with Crippen LogP contribution >= 0.6 is 38.5 Å². The molecule has 0 amide bonds. The van der Waals surface area contributed by atoms with Crippen molar-refractivity contribution in [3.63, 3.8) is 0 Å². The van der Waals surface area contributed by atoms with Crippen LogP contribution in [-0.2, 0) is 6.61 Å². The summed E-state index contributed by atoms with van der Waals surface area (Å²) in [6.07, 6.45) is 1.75. The molecular weight excluding hydrogens is 619 g/mol. The maximum atomic E-state index is 6.18. The van der Waals surface area contributed by atoms with Gasteiger partial charge in [-0.2, -0.15) is 0 Å². The van der Waals surface area contributed by atoms with Crippen molar-refractivity contribution in [2.75, 3.05) is 10.8 Å². The summed E-state index contributed by atoms with van der Waals surface area (Å²) in [6, 6.07) is 31.5. The number of rotatable bonds is 4. The predicted molar refractivity (Wildman–Crippen MR) is 178 cm³/mol. The largest absolute Gasteiger partial charge is 0.488 e. The Morgan fingerprint density at radius 1 is 0.750 bits per heavy atom. The Hall–Kier alpha value is -2.11. The zero-order chi connectivity index (χ0) is 27.8. The first-order chi connectivity index (χ1) is 17.7. The monoisotopic (exact) mass is 662 g/mol. The second-order valence-electron chi connectivity index (χ2n) is 6.66. The van der Waals surface area contributed by atoms with Gasteiger partial charge in [-0.3, -0.25) is 0 Å². The third-order valence-corrected chi connectivity index (χ3v) is 4.50. The number of fused-ring (bicyclic) bond motifs is 1. The number of alkyl halides is 2. The van der Waals surface area contributed by atoms with Crippen molar-refractivity contribution >= 4 is 49.3 Å². The number of hydrogen-bond donors (Lipinski definition) is 0. The minimum absolute atomic E-state index is 0.578. The highest BCUT2D eigenvalue weighted by Crippen LogP contribution is 2.37. The highest BCUT2D eigenvalue weighted by Gasteiger charge is 2.12. The van der Waals surface area contributed by atoms with Crippen LogP contribution in [0.2, 0.25) is 0 Å². The van der Waals surface area contributed by atoms with E-state index in [0.29, 0.717) is 6.61 Å². The molecule has 0 heterocycles. The van der Waals surface area contributed by atoms with Crippen LogP contribution in [0.3, 0.4) is 0 Å². The molecule has 0 unspecified atom stereocenters. The predicted octanol–water partition coefficient (Wildman–Crippen LogP) is 11.7. The number of benzene rings is 4. The molecule has 0 aromatic heterocycles. The van der Waals surface area contributed by atoms with Crippen molar-refractivity contribution in [3.05, 3.63) is 115 Å². The molecule has 0 N–H and O–H groups in total. The average Bonchev–Trinajstić information content (AvgIpc) is 2.97. The Bertz CT molecular complexity index is 1050. The number of halogens is 2. The maximum absolute atomic E-state index is 6.18. The molecule has 0 aliphatic carbocycles. The molecule has 0 aliphatic rings. The Kier molecular flexibility index (Phi) is 24.6. The summed E-state index contributed by atoms with van der Waals surface area (Å²) >= 11 is 5.09. The lowest BCUT2D eigenvalue weighted by Crippen LogP contribution is -1.97. The van der Waals surface area contributed by atoms with E-state index in [1.54, 1.807) is 6.08 Å². The molecule has 0 saturated carbocycles. The van der Waals surface area contributed by atoms with Crippen molar-refractivity contribution in [1.29, 1.82) is 0 Å². The molecule has 196 valence electrons. The van der Waals surface area contributed by atoms with Gasteiger partial charge in [-0.1, -0.05) is 157 Å². The lowest BCUT2D eigenvalue weighted by molar-refractivity contribution is 0.310. The molecule has 0 spiro atoms. The van der Waals surface area contributed by atoms with Crippen LogP contribution in [0.15, 0.2) is 104 Å². The topological polar surface area (TPSA) is 9.23 Å². The van der Waals surface area contributed by atoms with E-state index >= 15 is 0 Å². The van der Waals surface area contributed by atoms with Gasteiger partial charge in [0.05, 0.1) is 0 Å². The second-order valence-corrected chi connectivity index (χ2v) is 6.66. The lowest BCUT2D eigenvalue weighted by Gasteiger charge is -2.16. The molecule has 0 saturated heterocycles. The van der Waals surface area contributed by atoms with E-state index in [1.807, 2.05) is 63.6 Å². The third-order valence-electron chi connectivity index (χ3n) is 4.50. The molecule has 1 nitrogen and oxygen atoms in total. The van der Waals surface area contributed by atoms with Crippen LogP contribution in [0, 0.1) is 6.92 Å². The van der Waals surface area contributed by atoms with Crippen molar-refractivity contribution in [2.24, 2.45) is 0 Å². The third kappa shape index (κ3) is 12.2. The summed E-state index contributed by atoms with van der Waals surface area (Å²) in [4.78, 5) is 1.97. The fraction of sp³-hybridized carbons (Fsp3) is 0.273. The minimum atomic E-state index is 0.578. The summed E-state index contributed by atoms with van der Waals surface area (Å²) in [5.41, 5.74) is 4.93. The van der Waals surface area contributed by atoms with Gasteiger partial charge in [-0.05, 0) is 58.3 Å². The zero-order valence-electron chi connectivity index (χ0n) is 23.3. The van der Waals surface area contributed by atoms with Crippen molar-refractivity contribution < 1.29 is 4.74 Å². The van der Waals surface area contributed by atoms with Crippen molar-refractivity contribution in [1.82, 2.24) is 0 Å². The van der Waals surface area contributed by atoms with Crippen LogP contribution < -0.4 is 4.74 Å². The average molecular weight is 664 g/mol. The van der Waals surface area contributed by atoms with E-state index in [1.165, 1.54) is 27.6 Å². The van der Waals surface area contributed by atoms with Gasteiger partial charge >= 0.3 is 0 Å². The van der Waals surface area contributed by atoms with Crippen molar-refractivity contribution in [3.8, 4) is 16.9 Å². The molecule has 3 heteroatoms. The number of aryl methyl sites for hydroxylation is 1. The standard InChI is InChI=1S/C24H20O.C3H6.2C2H6.CH3Br.CH3I/c1-18-16-23(25-17-19-10-4-2-5-11-19)21-14-8-9-15-22(21)24(18)20-12-6-3-7-13-20;1-3-2;4*1-2/h2-16H,17H2,1H3;3H,1H2,2H3;2*1-2H3;2*1H3. The summed E-state index contributed by atoms with van der Waals surface area (Å²) in [7, 11) is 0. The summed E-state index contributed by atoms with van der Waals surface area (Å²) in [5, 5.41) is 2.39. The molecule has 0 fully saturated rings. The molecule has 4 aromatic rings. The summed E-state index contributed by atoms with van der Waals surface area (Å²) < 4.78 is 6.18. The lowest BCUT2D eigenvalue weighted by atomic mass is 9.93. The van der Waals surface area contributed by atoms with Crippen LogP contribution in [0.25, 0.3) is 21.9 Å². The van der Waals surface area contributed by atoms with E-state index in [4.69, 9.17) is 4.74 Å². The van der Waals surface area contributed by atoms with E-state index in [2.05, 4.69) is 125 Å². The van der Waals surface area contributed by atoms with E-state index in [9.17, 15) is 0 Å². The first kappa shape index (κ1) is 36.0. The highest BCUT2D eigenvalue weighted by atomic mass is 127. The van der Waals surface area contributed by atoms with E-state index in [-0.39, 0.29) is 0 Å². The normalized spacial score (nSPS) is 8.50. The highest BCUT2D eigenvalue weighted by molar-refractivity contribution is 14.1. The molecule has 0 aliphatic heterocycles. The fourth-order valence-electron chi connectivity index (χ4n) is 3.32. The number of ether oxygens (including phenoxy) is 1. The first-order valence-electron chi connectivity index (χ1n) is 12.3. The Labute approximate surface area is 243 Å². The zero-order valence-corrected chi connectivity index (χ0v) is 27.1. The van der Waals surface area contributed by atoms with Crippen LogP contribution in [0.1, 0.15) is 45.7 Å².